The molecule has 2 N–H and O–H groups in total. The second-order valence-electron chi connectivity index (χ2n) is 12.0. The van der Waals surface area contributed by atoms with Gasteiger partial charge in [0.2, 0.25) is 15.4 Å². The minimum Gasteiger partial charge on any atom is -0.456 e. The standard InChI is InChI=1S/C36H48N2O6S2/c1-7-13-14-25(8-2)24-37-45(39,40)29-17-20-32(35(23-29)46(41,42)43)36-30-18-15-27(26(9-3)10-4)21-33(30)44-34-22-28(16-19-31(34)36)38(11-5)12-6/h15-23,25-26,37H,7-14,24H2,1-6H3/p+1. The lowest BCUT2D eigenvalue weighted by atomic mass is 9.90. The number of unbranched alkanes of at least 4 members (excludes halogenated alkanes) is 1. The van der Waals surface area contributed by atoms with Crippen molar-refractivity contribution in [3.05, 3.63) is 65.5 Å². The van der Waals surface area contributed by atoms with Crippen molar-refractivity contribution in [1.29, 1.82) is 0 Å². The summed E-state index contributed by atoms with van der Waals surface area (Å²) in [6, 6.07) is 15.7. The number of fused-ring (bicyclic) bond motifs is 2. The molecule has 10 heteroatoms. The quantitative estimate of drug-likeness (QED) is 0.0763. The topological polar surface area (TPSA) is 117 Å². The maximum Gasteiger partial charge on any atom is 0.295 e. The number of sulfonamides is 1. The van der Waals surface area contributed by atoms with E-state index in [1.807, 2.05) is 43.3 Å². The van der Waals surface area contributed by atoms with Crippen LogP contribution in [0.15, 0.2) is 68.8 Å². The molecule has 0 fully saturated rings. The van der Waals surface area contributed by atoms with Gasteiger partial charge in [-0.25, -0.2) is 17.7 Å². The van der Waals surface area contributed by atoms with E-state index >= 15 is 0 Å². The van der Waals surface area contributed by atoms with E-state index in [2.05, 4.69) is 43.9 Å². The Morgan fingerprint density at radius 1 is 0.826 bits per heavy atom. The summed E-state index contributed by atoms with van der Waals surface area (Å²) in [5.74, 6) is 1.07. The molecule has 4 rings (SSSR count). The van der Waals surface area contributed by atoms with Crippen LogP contribution in [0.3, 0.4) is 0 Å². The van der Waals surface area contributed by atoms with Crippen molar-refractivity contribution in [2.45, 2.75) is 95.8 Å². The van der Waals surface area contributed by atoms with E-state index in [1.54, 1.807) is 0 Å². The zero-order chi connectivity index (χ0) is 33.6. The highest BCUT2D eigenvalue weighted by atomic mass is 32.2. The van der Waals surface area contributed by atoms with Crippen molar-refractivity contribution in [3.63, 3.8) is 0 Å². The molecule has 1 aliphatic carbocycles. The van der Waals surface area contributed by atoms with E-state index in [4.69, 9.17) is 4.42 Å². The fourth-order valence-electron chi connectivity index (χ4n) is 6.33. The van der Waals surface area contributed by atoms with Crippen molar-refractivity contribution < 1.29 is 25.8 Å². The highest BCUT2D eigenvalue weighted by Gasteiger charge is 2.27. The minimum atomic E-state index is -4.84. The largest absolute Gasteiger partial charge is 0.456 e. The third-order valence-electron chi connectivity index (χ3n) is 9.23. The Morgan fingerprint density at radius 3 is 2.13 bits per heavy atom. The lowest BCUT2D eigenvalue weighted by Crippen LogP contribution is -2.29. The molecule has 0 spiro atoms. The molecule has 8 nitrogen and oxygen atoms in total. The Labute approximate surface area is 274 Å². The Bertz CT molecular complexity index is 1920. The highest BCUT2D eigenvalue weighted by Crippen LogP contribution is 2.43. The van der Waals surface area contributed by atoms with Crippen LogP contribution in [0.4, 0.5) is 0 Å². The van der Waals surface area contributed by atoms with E-state index in [9.17, 15) is 21.4 Å². The summed E-state index contributed by atoms with van der Waals surface area (Å²) in [5, 5.41) is 1.63. The molecule has 1 heterocycles. The van der Waals surface area contributed by atoms with E-state index in [1.165, 1.54) is 12.1 Å². The average molecular weight is 670 g/mol. The molecule has 0 saturated heterocycles. The number of hydrogen-bond acceptors (Lipinski definition) is 5. The van der Waals surface area contributed by atoms with Gasteiger partial charge in [0.1, 0.15) is 29.3 Å². The maximum absolute atomic E-state index is 13.4. The number of benzene rings is 3. The third-order valence-corrected chi connectivity index (χ3v) is 11.5. The fraction of sp³-hybridized carbons (Fsp3) is 0.472. The first kappa shape index (κ1) is 35.8. The number of hydrogen-bond donors (Lipinski definition) is 2. The lowest BCUT2D eigenvalue weighted by Gasteiger charge is -2.20. The molecule has 0 radical (unpaired) electrons. The van der Waals surface area contributed by atoms with Crippen molar-refractivity contribution in [1.82, 2.24) is 9.30 Å². The number of rotatable bonds is 15. The summed E-state index contributed by atoms with van der Waals surface area (Å²) < 4.78 is 74.6. The molecule has 2 aromatic rings. The first-order valence-electron chi connectivity index (χ1n) is 16.6. The molecule has 0 aromatic heterocycles. The molecule has 46 heavy (non-hydrogen) atoms. The van der Waals surface area contributed by atoms with Crippen LogP contribution in [0.25, 0.3) is 33.4 Å². The van der Waals surface area contributed by atoms with E-state index < -0.39 is 25.0 Å². The van der Waals surface area contributed by atoms with Crippen molar-refractivity contribution in [3.8, 4) is 22.5 Å². The molecule has 1 aliphatic heterocycles. The predicted molar refractivity (Wildman–Crippen MR) is 186 cm³/mol. The third kappa shape index (κ3) is 7.73. The molecule has 0 bridgehead atoms. The molecular formula is C36H49N2O6S2+. The average Bonchev–Trinajstić information content (AvgIpc) is 3.04. The molecule has 1 unspecified atom stereocenters. The zero-order valence-corrected chi connectivity index (χ0v) is 29.6. The Morgan fingerprint density at radius 2 is 1.52 bits per heavy atom. The highest BCUT2D eigenvalue weighted by molar-refractivity contribution is 7.89. The van der Waals surface area contributed by atoms with Gasteiger partial charge in [-0.05, 0) is 74.8 Å². The minimum absolute atomic E-state index is 0.173. The monoisotopic (exact) mass is 669 g/mol. The second kappa shape index (κ2) is 15.2. The van der Waals surface area contributed by atoms with Crippen molar-refractivity contribution in [2.24, 2.45) is 5.92 Å². The van der Waals surface area contributed by atoms with Gasteiger partial charge in [0, 0.05) is 34.7 Å². The van der Waals surface area contributed by atoms with Crippen LogP contribution in [0.1, 0.15) is 91.5 Å². The summed E-state index contributed by atoms with van der Waals surface area (Å²) in [4.78, 5) is -0.692. The fourth-order valence-corrected chi connectivity index (χ4v) is 8.27. The SMILES string of the molecule is CCCCC(CC)CNS(=O)(=O)c1ccc(-c2c3ccc(=[N+](CC)CC)cc-3oc3cc(C(CC)CC)ccc23)c(S(=O)(=O)O)c1. The molecule has 2 aromatic carbocycles. The van der Waals surface area contributed by atoms with Gasteiger partial charge >= 0.3 is 0 Å². The van der Waals surface area contributed by atoms with E-state index in [0.29, 0.717) is 33.8 Å². The van der Waals surface area contributed by atoms with Crippen LogP contribution in [0.5, 0.6) is 0 Å². The van der Waals surface area contributed by atoms with Gasteiger partial charge in [0.15, 0.2) is 0 Å². The van der Waals surface area contributed by atoms with Gasteiger partial charge in [-0.15, -0.1) is 0 Å². The molecular weight excluding hydrogens is 621 g/mol. The maximum atomic E-state index is 13.4. The summed E-state index contributed by atoms with van der Waals surface area (Å²) in [5.41, 5.74) is 3.11. The Balaban J connectivity index is 1.98. The van der Waals surface area contributed by atoms with E-state index in [0.717, 1.165) is 68.6 Å². The molecule has 1 atom stereocenters. The van der Waals surface area contributed by atoms with Gasteiger partial charge < -0.3 is 4.42 Å². The van der Waals surface area contributed by atoms with Gasteiger partial charge in [-0.1, -0.05) is 65.2 Å². The first-order chi connectivity index (χ1) is 21.9. The van der Waals surface area contributed by atoms with Gasteiger partial charge in [0.25, 0.3) is 10.1 Å². The lowest BCUT2D eigenvalue weighted by molar-refractivity contribution is 0.443. The molecule has 250 valence electrons. The van der Waals surface area contributed by atoms with Crippen molar-refractivity contribution in [2.75, 3.05) is 19.6 Å². The van der Waals surface area contributed by atoms with Gasteiger partial charge in [-0.2, -0.15) is 8.42 Å². The van der Waals surface area contributed by atoms with Crippen LogP contribution in [-0.2, 0) is 20.1 Å². The summed E-state index contributed by atoms with van der Waals surface area (Å²) in [6.45, 7) is 14.4. The molecule has 2 aliphatic rings. The van der Waals surface area contributed by atoms with Crippen LogP contribution in [0.2, 0.25) is 0 Å². The van der Waals surface area contributed by atoms with Crippen LogP contribution in [0, 0.1) is 5.92 Å². The van der Waals surface area contributed by atoms with Gasteiger partial charge in [-0.3, -0.25) is 4.55 Å². The number of nitrogens with zero attached hydrogens (tertiary/aromatic N) is 1. The number of nitrogens with one attached hydrogen (secondary N) is 1. The van der Waals surface area contributed by atoms with Crippen molar-refractivity contribution >= 4 is 31.1 Å². The van der Waals surface area contributed by atoms with E-state index in [-0.39, 0.29) is 22.9 Å². The van der Waals surface area contributed by atoms with Crippen LogP contribution in [-0.4, -0.2) is 41.0 Å². The van der Waals surface area contributed by atoms with Crippen LogP contribution >= 0.6 is 0 Å². The Hall–Kier alpha value is -3.05. The normalized spacial score (nSPS) is 13.1. The summed E-state index contributed by atoms with van der Waals surface area (Å²) in [7, 11) is -8.89. The molecule has 0 amide bonds. The Kier molecular flexibility index (Phi) is 11.9. The smallest absolute Gasteiger partial charge is 0.295 e. The summed E-state index contributed by atoms with van der Waals surface area (Å²) >= 11 is 0. The first-order valence-corrected chi connectivity index (χ1v) is 19.5. The van der Waals surface area contributed by atoms with Crippen LogP contribution < -0.4 is 14.7 Å². The summed E-state index contributed by atoms with van der Waals surface area (Å²) in [6.07, 6.45) is 5.67. The molecule has 0 saturated carbocycles. The zero-order valence-electron chi connectivity index (χ0n) is 28.0. The second-order valence-corrected chi connectivity index (χ2v) is 15.2. The van der Waals surface area contributed by atoms with Gasteiger partial charge in [0.05, 0.1) is 11.0 Å². The predicted octanol–water partition coefficient (Wildman–Crippen LogP) is 7.66.